The minimum atomic E-state index is -0.489. The molecule has 0 spiro atoms. The van der Waals surface area contributed by atoms with Gasteiger partial charge in [-0.2, -0.15) is 0 Å². The van der Waals surface area contributed by atoms with Crippen LogP contribution in [0.4, 0.5) is 10.5 Å². The lowest BCUT2D eigenvalue weighted by atomic mass is 10.1. The Morgan fingerprint density at radius 3 is 2.32 bits per heavy atom. The van der Waals surface area contributed by atoms with Gasteiger partial charge in [-0.15, -0.1) is 0 Å². The molecule has 1 saturated heterocycles. The average Bonchev–Trinajstić information content (AvgIpc) is 2.33. The maximum Gasteiger partial charge on any atom is 0.328 e. The normalized spacial score (nSPS) is 23.5. The number of carbonyl (C=O) groups excluding carboxylic acids is 2. The van der Waals surface area contributed by atoms with Crippen LogP contribution in [0.3, 0.4) is 0 Å². The molecule has 8 heteroatoms. The van der Waals surface area contributed by atoms with Gasteiger partial charge in [-0.1, -0.05) is 15.9 Å². The Hall–Kier alpha value is -0.600. The second-order valence-corrected chi connectivity index (χ2v) is 6.76. The molecule has 0 saturated carbocycles. The highest BCUT2D eigenvalue weighted by Crippen LogP contribution is 2.38. The predicted octanol–water partition coefficient (Wildman–Crippen LogP) is 3.13. The maximum absolute atomic E-state index is 11.9. The summed E-state index contributed by atoms with van der Waals surface area (Å²) >= 11 is 9.68. The molecule has 19 heavy (non-hydrogen) atoms. The van der Waals surface area contributed by atoms with E-state index in [1.807, 2.05) is 0 Å². The zero-order chi connectivity index (χ0) is 14.3. The standard InChI is InChI=1S/C11H9Br3N2O3/c1-4-8(14)10(18)15-11(19)16(4)5-2-6(12)9(17)7(13)3-5/h2-4,8,17H,1H3,(H,15,18,19). The number of nitrogens with zero attached hydrogens (tertiary/aromatic N) is 1. The minimum absolute atomic E-state index is 0.0558. The fraction of sp³-hybridized carbons (Fsp3) is 0.273. The number of anilines is 1. The van der Waals surface area contributed by atoms with Crippen molar-refractivity contribution in [2.75, 3.05) is 4.90 Å². The summed E-state index contributed by atoms with van der Waals surface area (Å²) in [4.78, 5) is 24.4. The number of halogens is 3. The molecule has 0 radical (unpaired) electrons. The third-order valence-electron chi connectivity index (χ3n) is 2.81. The Bertz CT molecular complexity index is 541. The number of hydrogen-bond acceptors (Lipinski definition) is 3. The third kappa shape index (κ3) is 2.66. The van der Waals surface area contributed by atoms with Gasteiger partial charge in [0.15, 0.2) is 0 Å². The number of rotatable bonds is 1. The summed E-state index contributed by atoms with van der Waals surface area (Å²) in [6.07, 6.45) is 0. The van der Waals surface area contributed by atoms with Crippen LogP contribution in [0.2, 0.25) is 0 Å². The van der Waals surface area contributed by atoms with Crippen molar-refractivity contribution in [2.45, 2.75) is 17.8 Å². The van der Waals surface area contributed by atoms with Gasteiger partial charge in [-0.3, -0.25) is 15.0 Å². The lowest BCUT2D eigenvalue weighted by Gasteiger charge is -2.36. The number of imide groups is 1. The summed E-state index contributed by atoms with van der Waals surface area (Å²) in [6, 6.07) is 2.40. The summed E-state index contributed by atoms with van der Waals surface area (Å²) in [5.74, 6) is -0.300. The van der Waals surface area contributed by atoms with Crippen molar-refractivity contribution >= 4 is 65.4 Å². The number of amides is 3. The second-order valence-electron chi connectivity index (χ2n) is 4.06. The number of alkyl halides is 1. The Kier molecular flexibility index (Phi) is 4.22. The number of phenolic OH excluding ortho intramolecular Hbond substituents is 1. The van der Waals surface area contributed by atoms with E-state index in [-0.39, 0.29) is 17.7 Å². The highest BCUT2D eigenvalue weighted by molar-refractivity contribution is 9.11. The molecule has 1 heterocycles. The monoisotopic (exact) mass is 454 g/mol. The summed E-state index contributed by atoms with van der Waals surface area (Å²) in [5.41, 5.74) is 0.568. The van der Waals surface area contributed by atoms with Crippen molar-refractivity contribution < 1.29 is 14.7 Å². The van der Waals surface area contributed by atoms with E-state index in [1.165, 1.54) is 4.90 Å². The van der Waals surface area contributed by atoms with Crippen LogP contribution in [0.1, 0.15) is 6.92 Å². The molecule has 2 N–H and O–H groups in total. The van der Waals surface area contributed by atoms with E-state index in [0.717, 1.165) is 0 Å². The number of urea groups is 1. The molecular formula is C11H9Br3N2O3. The first-order valence-corrected chi connectivity index (χ1v) is 7.79. The SMILES string of the molecule is CC1C(Br)C(=O)NC(=O)N1c1cc(Br)c(O)c(Br)c1. The predicted molar refractivity (Wildman–Crippen MR) is 81.7 cm³/mol. The first-order chi connectivity index (χ1) is 8.82. The van der Waals surface area contributed by atoms with E-state index in [2.05, 4.69) is 53.1 Å². The van der Waals surface area contributed by atoms with E-state index in [4.69, 9.17) is 0 Å². The average molecular weight is 457 g/mol. The Morgan fingerprint density at radius 1 is 1.26 bits per heavy atom. The molecule has 2 rings (SSSR count). The molecule has 2 atom stereocenters. The van der Waals surface area contributed by atoms with Gasteiger partial charge in [-0.05, 0) is 50.9 Å². The molecule has 1 aliphatic heterocycles. The van der Waals surface area contributed by atoms with E-state index in [1.54, 1.807) is 19.1 Å². The molecule has 1 fully saturated rings. The zero-order valence-electron chi connectivity index (χ0n) is 9.65. The first-order valence-electron chi connectivity index (χ1n) is 5.29. The first kappa shape index (κ1) is 14.8. The second kappa shape index (κ2) is 5.41. The fourth-order valence-corrected chi connectivity index (χ4v) is 3.33. The molecule has 0 aromatic heterocycles. The van der Waals surface area contributed by atoms with Gasteiger partial charge in [0, 0.05) is 5.69 Å². The van der Waals surface area contributed by atoms with Crippen molar-refractivity contribution in [3.63, 3.8) is 0 Å². The molecular weight excluding hydrogens is 448 g/mol. The summed E-state index contributed by atoms with van der Waals surface area (Å²) in [7, 11) is 0. The number of phenols is 1. The Morgan fingerprint density at radius 2 is 1.79 bits per heavy atom. The van der Waals surface area contributed by atoms with Gasteiger partial charge in [0.1, 0.15) is 10.6 Å². The van der Waals surface area contributed by atoms with Gasteiger partial charge in [0.25, 0.3) is 0 Å². The summed E-state index contributed by atoms with van der Waals surface area (Å²) < 4.78 is 0.916. The molecule has 5 nitrogen and oxygen atoms in total. The molecule has 102 valence electrons. The van der Waals surface area contributed by atoms with Crippen LogP contribution in [-0.2, 0) is 4.79 Å². The highest BCUT2D eigenvalue weighted by Gasteiger charge is 2.38. The number of carbonyl (C=O) groups is 2. The lowest BCUT2D eigenvalue weighted by molar-refractivity contribution is -0.120. The van der Waals surface area contributed by atoms with Crippen molar-refractivity contribution in [3.8, 4) is 5.75 Å². The van der Waals surface area contributed by atoms with Crippen molar-refractivity contribution in [1.82, 2.24) is 5.32 Å². The highest BCUT2D eigenvalue weighted by atomic mass is 79.9. The van der Waals surface area contributed by atoms with E-state index >= 15 is 0 Å². The fourth-order valence-electron chi connectivity index (χ4n) is 1.81. The molecule has 1 aliphatic rings. The van der Waals surface area contributed by atoms with Gasteiger partial charge < -0.3 is 5.11 Å². The zero-order valence-corrected chi connectivity index (χ0v) is 14.4. The lowest BCUT2D eigenvalue weighted by Crippen LogP contribution is -2.60. The molecule has 3 amide bonds. The van der Waals surface area contributed by atoms with Crippen LogP contribution in [0.15, 0.2) is 21.1 Å². The smallest absolute Gasteiger partial charge is 0.328 e. The summed E-state index contributed by atoms with van der Waals surface area (Å²) in [6.45, 7) is 1.77. The van der Waals surface area contributed by atoms with Gasteiger partial charge in [0.05, 0.1) is 15.0 Å². The van der Waals surface area contributed by atoms with Crippen LogP contribution < -0.4 is 10.2 Å². The van der Waals surface area contributed by atoms with E-state index in [0.29, 0.717) is 14.6 Å². The molecule has 0 aliphatic carbocycles. The minimum Gasteiger partial charge on any atom is -0.506 e. The van der Waals surface area contributed by atoms with Crippen LogP contribution in [0, 0.1) is 0 Å². The van der Waals surface area contributed by atoms with Gasteiger partial charge >= 0.3 is 6.03 Å². The van der Waals surface area contributed by atoms with Crippen molar-refractivity contribution in [2.24, 2.45) is 0 Å². The van der Waals surface area contributed by atoms with Crippen LogP contribution in [-0.4, -0.2) is 27.9 Å². The van der Waals surface area contributed by atoms with Crippen molar-refractivity contribution in [1.29, 1.82) is 0 Å². The maximum atomic E-state index is 11.9. The molecule has 1 aromatic rings. The van der Waals surface area contributed by atoms with Gasteiger partial charge in [-0.25, -0.2) is 4.79 Å². The number of aromatic hydroxyl groups is 1. The largest absolute Gasteiger partial charge is 0.506 e. The number of hydrogen-bond donors (Lipinski definition) is 2. The van der Waals surface area contributed by atoms with Crippen LogP contribution in [0.5, 0.6) is 5.75 Å². The van der Waals surface area contributed by atoms with Gasteiger partial charge in [0.2, 0.25) is 5.91 Å². The number of nitrogens with one attached hydrogen (secondary N) is 1. The molecule has 1 aromatic carbocycles. The Labute approximate surface area is 134 Å². The number of benzene rings is 1. The third-order valence-corrected chi connectivity index (χ3v) is 5.20. The molecule has 2 unspecified atom stereocenters. The van der Waals surface area contributed by atoms with Crippen LogP contribution in [0.25, 0.3) is 0 Å². The topological polar surface area (TPSA) is 69.6 Å². The quantitative estimate of drug-likeness (QED) is 0.638. The Balaban J connectivity index is 2.46. The molecule has 0 bridgehead atoms. The van der Waals surface area contributed by atoms with Crippen LogP contribution >= 0.6 is 47.8 Å². The van der Waals surface area contributed by atoms with Crippen molar-refractivity contribution in [3.05, 3.63) is 21.1 Å². The van der Waals surface area contributed by atoms with E-state index < -0.39 is 10.9 Å². The summed E-state index contributed by atoms with van der Waals surface area (Å²) in [5, 5.41) is 11.9. The van der Waals surface area contributed by atoms with E-state index in [9.17, 15) is 14.7 Å².